The van der Waals surface area contributed by atoms with E-state index in [2.05, 4.69) is 25.9 Å². The molecule has 0 bridgehead atoms. The number of aromatic hydroxyl groups is 1. The summed E-state index contributed by atoms with van der Waals surface area (Å²) in [7, 11) is 0. The van der Waals surface area contributed by atoms with Gasteiger partial charge < -0.3 is 10.1 Å². The predicted octanol–water partition coefficient (Wildman–Crippen LogP) is 3.21. The van der Waals surface area contributed by atoms with Gasteiger partial charge in [0.15, 0.2) is 0 Å². The number of nitrogens with one attached hydrogen (secondary N) is 1. The molecule has 0 unspecified atom stereocenters. The molecule has 0 aliphatic rings. The zero-order chi connectivity index (χ0) is 12.6. The highest BCUT2D eigenvalue weighted by Crippen LogP contribution is 2.29. The van der Waals surface area contributed by atoms with Crippen molar-refractivity contribution in [3.8, 4) is 17.3 Å². The van der Waals surface area contributed by atoms with Crippen LogP contribution < -0.4 is 5.56 Å². The first-order valence-electron chi connectivity index (χ1n) is 4.43. The van der Waals surface area contributed by atoms with Crippen molar-refractivity contribution in [2.24, 2.45) is 0 Å². The minimum Gasteiger partial charge on any atom is -0.492 e. The van der Waals surface area contributed by atoms with Gasteiger partial charge in [-0.1, -0.05) is 23.2 Å². The Morgan fingerprint density at radius 3 is 2.65 bits per heavy atom. The van der Waals surface area contributed by atoms with Crippen molar-refractivity contribution in [3.63, 3.8) is 0 Å². The van der Waals surface area contributed by atoms with Crippen LogP contribution in [0.4, 0.5) is 0 Å². The predicted molar refractivity (Wildman–Crippen MR) is 69.7 cm³/mol. The Hall–Kier alpha value is -1.04. The largest absolute Gasteiger partial charge is 0.492 e. The quantitative estimate of drug-likeness (QED) is 0.841. The zero-order valence-corrected chi connectivity index (χ0v) is 11.3. The molecule has 0 saturated heterocycles. The van der Waals surface area contributed by atoms with Crippen molar-refractivity contribution in [1.82, 2.24) is 9.97 Å². The molecule has 2 rings (SSSR count). The second kappa shape index (κ2) is 4.68. The lowest BCUT2D eigenvalue weighted by atomic mass is 10.2. The van der Waals surface area contributed by atoms with Crippen LogP contribution >= 0.6 is 39.1 Å². The van der Waals surface area contributed by atoms with Gasteiger partial charge in [0, 0.05) is 10.6 Å². The van der Waals surface area contributed by atoms with Crippen molar-refractivity contribution in [3.05, 3.63) is 43.1 Å². The van der Waals surface area contributed by atoms with E-state index in [9.17, 15) is 9.90 Å². The summed E-state index contributed by atoms with van der Waals surface area (Å²) in [5, 5.41) is 10.3. The second-order valence-electron chi connectivity index (χ2n) is 3.18. The van der Waals surface area contributed by atoms with Crippen molar-refractivity contribution in [2.75, 3.05) is 0 Å². The first-order valence-corrected chi connectivity index (χ1v) is 5.98. The third-order valence-electron chi connectivity index (χ3n) is 2.03. The summed E-state index contributed by atoms with van der Waals surface area (Å²) in [6.45, 7) is 0. The Kier molecular flexibility index (Phi) is 3.42. The van der Waals surface area contributed by atoms with Gasteiger partial charge in [0.05, 0.1) is 5.02 Å². The summed E-state index contributed by atoms with van der Waals surface area (Å²) < 4.78 is -0.0219. The normalized spacial score (nSPS) is 10.5. The average Bonchev–Trinajstić information content (AvgIpc) is 2.25. The van der Waals surface area contributed by atoms with Crippen LogP contribution in [0.5, 0.6) is 5.88 Å². The number of H-pyrrole nitrogens is 1. The molecule has 0 spiro atoms. The van der Waals surface area contributed by atoms with Crippen LogP contribution in [-0.2, 0) is 0 Å². The SMILES string of the molecule is O=c1[nH]c(-c2ccc(Cl)cc2Cl)nc(O)c1Br. The molecular formula is C10H5BrCl2N2O2. The van der Waals surface area contributed by atoms with Gasteiger partial charge in [-0.05, 0) is 34.1 Å². The zero-order valence-electron chi connectivity index (χ0n) is 8.17. The van der Waals surface area contributed by atoms with Crippen molar-refractivity contribution < 1.29 is 5.11 Å². The molecule has 2 aromatic rings. The molecule has 0 aliphatic carbocycles. The Morgan fingerprint density at radius 2 is 2.06 bits per heavy atom. The molecule has 2 N–H and O–H groups in total. The Balaban J connectivity index is 2.65. The van der Waals surface area contributed by atoms with Gasteiger partial charge in [-0.15, -0.1) is 0 Å². The van der Waals surface area contributed by atoms with E-state index in [1.807, 2.05) is 0 Å². The maximum absolute atomic E-state index is 11.4. The fourth-order valence-electron chi connectivity index (χ4n) is 1.26. The fourth-order valence-corrected chi connectivity index (χ4v) is 1.94. The number of hydrogen-bond acceptors (Lipinski definition) is 3. The van der Waals surface area contributed by atoms with E-state index < -0.39 is 11.4 Å². The second-order valence-corrected chi connectivity index (χ2v) is 4.81. The summed E-state index contributed by atoms with van der Waals surface area (Å²) in [4.78, 5) is 17.8. The Bertz CT molecular complexity index is 643. The van der Waals surface area contributed by atoms with Crippen LogP contribution in [0.3, 0.4) is 0 Å². The van der Waals surface area contributed by atoms with E-state index in [1.54, 1.807) is 12.1 Å². The number of aromatic amines is 1. The molecule has 0 aliphatic heterocycles. The number of hydrogen-bond donors (Lipinski definition) is 2. The van der Waals surface area contributed by atoms with E-state index >= 15 is 0 Å². The van der Waals surface area contributed by atoms with E-state index in [0.717, 1.165) is 0 Å². The average molecular weight is 336 g/mol. The van der Waals surface area contributed by atoms with Crippen molar-refractivity contribution >= 4 is 39.1 Å². The molecule has 17 heavy (non-hydrogen) atoms. The van der Waals surface area contributed by atoms with Gasteiger partial charge in [0.2, 0.25) is 5.88 Å². The Morgan fingerprint density at radius 1 is 1.35 bits per heavy atom. The van der Waals surface area contributed by atoms with E-state index in [0.29, 0.717) is 15.6 Å². The highest BCUT2D eigenvalue weighted by atomic mass is 79.9. The number of aromatic nitrogens is 2. The number of rotatable bonds is 1. The van der Waals surface area contributed by atoms with Gasteiger partial charge >= 0.3 is 0 Å². The topological polar surface area (TPSA) is 66.0 Å². The van der Waals surface area contributed by atoms with Crippen LogP contribution in [0.25, 0.3) is 11.4 Å². The van der Waals surface area contributed by atoms with Gasteiger partial charge in [-0.2, -0.15) is 4.98 Å². The third kappa shape index (κ3) is 2.46. The molecule has 7 heteroatoms. The summed E-state index contributed by atoms with van der Waals surface area (Å²) in [6, 6.07) is 4.75. The lowest BCUT2D eigenvalue weighted by molar-refractivity contribution is 0.448. The molecule has 1 heterocycles. The summed E-state index contributed by atoms with van der Waals surface area (Å²) in [5.74, 6) is -0.216. The van der Waals surface area contributed by atoms with E-state index in [4.69, 9.17) is 23.2 Å². The van der Waals surface area contributed by atoms with Crippen LogP contribution in [0, 0.1) is 0 Å². The standard InChI is InChI=1S/C10H5BrCl2N2O2/c11-7-9(16)14-8(15-10(7)17)5-2-1-4(12)3-6(5)13/h1-3H,(H2,14,15,16,17). The first-order chi connectivity index (χ1) is 7.99. The maximum atomic E-state index is 11.4. The van der Waals surface area contributed by atoms with Crippen LogP contribution in [0.1, 0.15) is 0 Å². The molecule has 4 nitrogen and oxygen atoms in total. The van der Waals surface area contributed by atoms with E-state index in [-0.39, 0.29) is 10.3 Å². The highest BCUT2D eigenvalue weighted by molar-refractivity contribution is 9.10. The maximum Gasteiger partial charge on any atom is 0.269 e. The minimum atomic E-state index is -0.487. The fraction of sp³-hybridized carbons (Fsp3) is 0. The van der Waals surface area contributed by atoms with Crippen molar-refractivity contribution in [2.45, 2.75) is 0 Å². The molecule has 0 radical (unpaired) electrons. The molecule has 0 amide bonds. The molecular weight excluding hydrogens is 331 g/mol. The molecule has 0 saturated carbocycles. The van der Waals surface area contributed by atoms with E-state index in [1.165, 1.54) is 6.07 Å². The van der Waals surface area contributed by atoms with Gasteiger partial charge in [0.1, 0.15) is 10.3 Å². The lowest BCUT2D eigenvalue weighted by Crippen LogP contribution is -2.09. The summed E-state index contributed by atoms with van der Waals surface area (Å²) in [5.41, 5.74) is -0.00511. The monoisotopic (exact) mass is 334 g/mol. The molecule has 0 fully saturated rings. The number of nitrogens with zero attached hydrogens (tertiary/aromatic N) is 1. The lowest BCUT2D eigenvalue weighted by Gasteiger charge is -2.05. The Labute approximate surface area is 114 Å². The molecule has 1 aromatic carbocycles. The third-order valence-corrected chi connectivity index (χ3v) is 3.29. The molecule has 1 aromatic heterocycles. The van der Waals surface area contributed by atoms with Crippen LogP contribution in [-0.4, -0.2) is 15.1 Å². The van der Waals surface area contributed by atoms with Crippen molar-refractivity contribution in [1.29, 1.82) is 0 Å². The smallest absolute Gasteiger partial charge is 0.269 e. The highest BCUT2D eigenvalue weighted by Gasteiger charge is 2.11. The first kappa shape index (κ1) is 12.4. The minimum absolute atomic E-state index is 0.0219. The molecule has 0 atom stereocenters. The number of halogens is 3. The van der Waals surface area contributed by atoms with Gasteiger partial charge in [0.25, 0.3) is 5.56 Å². The van der Waals surface area contributed by atoms with Crippen LogP contribution in [0.15, 0.2) is 27.5 Å². The molecule has 88 valence electrons. The van der Waals surface area contributed by atoms with Gasteiger partial charge in [-0.3, -0.25) is 4.79 Å². The summed E-state index contributed by atoms with van der Waals surface area (Å²) in [6.07, 6.45) is 0. The van der Waals surface area contributed by atoms with Gasteiger partial charge in [-0.25, -0.2) is 0 Å². The van der Waals surface area contributed by atoms with Crippen LogP contribution in [0.2, 0.25) is 10.0 Å². The summed E-state index contributed by atoms with van der Waals surface area (Å²) >= 11 is 14.6. The number of benzene rings is 1.